The molecule has 114 valence electrons. The Labute approximate surface area is 124 Å². The molecule has 0 aliphatic heterocycles. The number of rotatable bonds is 10. The van der Waals surface area contributed by atoms with Gasteiger partial charge in [-0.15, -0.1) is 0 Å². The fraction of sp³-hybridized carbons (Fsp3) is 0.647. The highest BCUT2D eigenvalue weighted by molar-refractivity contribution is 5.14. The molecule has 0 saturated carbocycles. The molecule has 0 heterocycles. The van der Waals surface area contributed by atoms with Crippen LogP contribution in [0.1, 0.15) is 32.8 Å². The Morgan fingerprint density at radius 1 is 1.15 bits per heavy atom. The lowest BCUT2D eigenvalue weighted by atomic mass is 10.1. The van der Waals surface area contributed by atoms with Crippen molar-refractivity contribution in [3.8, 4) is 0 Å². The standard InChI is InChI=1S/C17H30N2O/c1-4-19(5-2)14-17(20)13-18-15(3)11-12-16-9-7-6-8-10-16/h6-10,15,17-18,20H,4-5,11-14H2,1-3H3. The number of benzene rings is 1. The molecule has 0 bridgehead atoms. The predicted octanol–water partition coefficient (Wildman–Crippen LogP) is 2.30. The van der Waals surface area contributed by atoms with E-state index in [0.29, 0.717) is 12.6 Å². The number of hydrogen-bond donors (Lipinski definition) is 2. The Bertz CT molecular complexity index is 338. The first kappa shape index (κ1) is 17.2. The summed E-state index contributed by atoms with van der Waals surface area (Å²) in [5.41, 5.74) is 1.38. The van der Waals surface area contributed by atoms with Gasteiger partial charge in [0.1, 0.15) is 0 Å². The quantitative estimate of drug-likeness (QED) is 0.689. The Hall–Kier alpha value is -0.900. The van der Waals surface area contributed by atoms with Crippen LogP contribution in [0.4, 0.5) is 0 Å². The van der Waals surface area contributed by atoms with Crippen LogP contribution in [0.5, 0.6) is 0 Å². The third kappa shape index (κ3) is 7.04. The van der Waals surface area contributed by atoms with Gasteiger partial charge in [0.25, 0.3) is 0 Å². The minimum atomic E-state index is -0.283. The van der Waals surface area contributed by atoms with Gasteiger partial charge in [-0.05, 0) is 38.4 Å². The van der Waals surface area contributed by atoms with Crippen molar-refractivity contribution in [2.75, 3.05) is 26.2 Å². The summed E-state index contributed by atoms with van der Waals surface area (Å²) in [5, 5.41) is 13.4. The van der Waals surface area contributed by atoms with Gasteiger partial charge in [-0.3, -0.25) is 0 Å². The number of aryl methyl sites for hydroxylation is 1. The first-order chi connectivity index (χ1) is 9.65. The summed E-state index contributed by atoms with van der Waals surface area (Å²) in [6, 6.07) is 11.0. The van der Waals surface area contributed by atoms with Crippen LogP contribution in [-0.4, -0.2) is 48.3 Å². The maximum absolute atomic E-state index is 10.0. The third-order valence-corrected chi connectivity index (χ3v) is 3.77. The first-order valence-corrected chi connectivity index (χ1v) is 7.83. The number of aliphatic hydroxyl groups is 1. The van der Waals surface area contributed by atoms with Gasteiger partial charge in [0.05, 0.1) is 6.10 Å². The molecule has 0 spiro atoms. The molecule has 1 aromatic rings. The van der Waals surface area contributed by atoms with E-state index in [1.165, 1.54) is 5.56 Å². The molecule has 2 unspecified atom stereocenters. The minimum Gasteiger partial charge on any atom is -0.390 e. The highest BCUT2D eigenvalue weighted by atomic mass is 16.3. The molecule has 1 rings (SSSR count). The zero-order valence-electron chi connectivity index (χ0n) is 13.2. The van der Waals surface area contributed by atoms with E-state index in [9.17, 15) is 5.11 Å². The Kier molecular flexibility index (Phi) is 8.51. The van der Waals surface area contributed by atoms with Gasteiger partial charge < -0.3 is 15.3 Å². The summed E-state index contributed by atoms with van der Waals surface area (Å²) in [6.07, 6.45) is 1.90. The average Bonchev–Trinajstić information content (AvgIpc) is 2.49. The Morgan fingerprint density at radius 3 is 2.40 bits per heavy atom. The number of likely N-dealkylation sites (N-methyl/N-ethyl adjacent to an activating group) is 1. The summed E-state index contributed by atoms with van der Waals surface area (Å²) in [5.74, 6) is 0. The van der Waals surface area contributed by atoms with E-state index in [2.05, 4.69) is 61.3 Å². The number of hydrogen-bond acceptors (Lipinski definition) is 3. The molecule has 0 aliphatic rings. The molecule has 2 atom stereocenters. The van der Waals surface area contributed by atoms with Crippen LogP contribution in [-0.2, 0) is 6.42 Å². The second-order valence-electron chi connectivity index (χ2n) is 5.47. The molecule has 3 nitrogen and oxygen atoms in total. The smallest absolute Gasteiger partial charge is 0.0791 e. The Balaban J connectivity index is 2.17. The third-order valence-electron chi connectivity index (χ3n) is 3.77. The van der Waals surface area contributed by atoms with Crippen LogP contribution >= 0.6 is 0 Å². The van der Waals surface area contributed by atoms with Crippen molar-refractivity contribution in [3.63, 3.8) is 0 Å². The van der Waals surface area contributed by atoms with Crippen LogP contribution in [0.2, 0.25) is 0 Å². The monoisotopic (exact) mass is 278 g/mol. The fourth-order valence-corrected chi connectivity index (χ4v) is 2.31. The van der Waals surface area contributed by atoms with E-state index in [1.54, 1.807) is 0 Å². The van der Waals surface area contributed by atoms with E-state index in [1.807, 2.05) is 0 Å². The van der Waals surface area contributed by atoms with Gasteiger partial charge in [-0.2, -0.15) is 0 Å². The molecule has 0 amide bonds. The normalized spacial score (nSPS) is 14.4. The maximum Gasteiger partial charge on any atom is 0.0791 e. The van der Waals surface area contributed by atoms with Crippen molar-refractivity contribution >= 4 is 0 Å². The topological polar surface area (TPSA) is 35.5 Å². The van der Waals surface area contributed by atoms with E-state index < -0.39 is 0 Å². The van der Waals surface area contributed by atoms with Gasteiger partial charge in [-0.1, -0.05) is 44.2 Å². The van der Waals surface area contributed by atoms with Gasteiger partial charge in [0.2, 0.25) is 0 Å². The number of nitrogens with zero attached hydrogens (tertiary/aromatic N) is 1. The van der Waals surface area contributed by atoms with Crippen LogP contribution in [0.3, 0.4) is 0 Å². The average molecular weight is 278 g/mol. The van der Waals surface area contributed by atoms with Crippen LogP contribution in [0.15, 0.2) is 30.3 Å². The molecular weight excluding hydrogens is 248 g/mol. The zero-order valence-corrected chi connectivity index (χ0v) is 13.2. The summed E-state index contributed by atoms with van der Waals surface area (Å²) < 4.78 is 0. The van der Waals surface area contributed by atoms with E-state index in [0.717, 1.165) is 32.5 Å². The highest BCUT2D eigenvalue weighted by Gasteiger charge is 2.10. The molecule has 2 N–H and O–H groups in total. The molecule has 1 aromatic carbocycles. The maximum atomic E-state index is 10.0. The second-order valence-corrected chi connectivity index (χ2v) is 5.47. The van der Waals surface area contributed by atoms with Crippen molar-refractivity contribution in [1.82, 2.24) is 10.2 Å². The van der Waals surface area contributed by atoms with Gasteiger partial charge in [-0.25, -0.2) is 0 Å². The molecular formula is C17H30N2O. The van der Waals surface area contributed by atoms with Crippen molar-refractivity contribution in [3.05, 3.63) is 35.9 Å². The van der Waals surface area contributed by atoms with Gasteiger partial charge in [0, 0.05) is 19.1 Å². The molecule has 0 fully saturated rings. The first-order valence-electron chi connectivity index (χ1n) is 7.83. The van der Waals surface area contributed by atoms with Crippen LogP contribution in [0.25, 0.3) is 0 Å². The molecule has 3 heteroatoms. The van der Waals surface area contributed by atoms with E-state index in [4.69, 9.17) is 0 Å². The zero-order chi connectivity index (χ0) is 14.8. The summed E-state index contributed by atoms with van der Waals surface area (Å²) >= 11 is 0. The van der Waals surface area contributed by atoms with Crippen LogP contribution < -0.4 is 5.32 Å². The molecule has 0 radical (unpaired) electrons. The molecule has 0 saturated heterocycles. The van der Waals surface area contributed by atoms with Crippen molar-refractivity contribution in [1.29, 1.82) is 0 Å². The minimum absolute atomic E-state index is 0.283. The number of nitrogens with one attached hydrogen (secondary N) is 1. The van der Waals surface area contributed by atoms with Crippen LogP contribution in [0, 0.1) is 0 Å². The predicted molar refractivity (Wildman–Crippen MR) is 86.0 cm³/mol. The van der Waals surface area contributed by atoms with E-state index >= 15 is 0 Å². The van der Waals surface area contributed by atoms with Gasteiger partial charge in [0.15, 0.2) is 0 Å². The lowest BCUT2D eigenvalue weighted by molar-refractivity contribution is 0.114. The molecule has 20 heavy (non-hydrogen) atoms. The SMILES string of the molecule is CCN(CC)CC(O)CNC(C)CCc1ccccc1. The van der Waals surface area contributed by atoms with Gasteiger partial charge >= 0.3 is 0 Å². The molecule has 0 aliphatic carbocycles. The second kappa shape index (κ2) is 9.92. The molecule has 0 aromatic heterocycles. The van der Waals surface area contributed by atoms with Crippen molar-refractivity contribution in [2.24, 2.45) is 0 Å². The lowest BCUT2D eigenvalue weighted by Crippen LogP contribution is -2.40. The van der Waals surface area contributed by atoms with E-state index in [-0.39, 0.29) is 6.10 Å². The number of aliphatic hydroxyl groups excluding tert-OH is 1. The fourth-order valence-electron chi connectivity index (χ4n) is 2.31. The summed E-state index contributed by atoms with van der Waals surface area (Å²) in [6.45, 7) is 9.87. The lowest BCUT2D eigenvalue weighted by Gasteiger charge is -2.23. The summed E-state index contributed by atoms with van der Waals surface area (Å²) in [4.78, 5) is 2.25. The summed E-state index contributed by atoms with van der Waals surface area (Å²) in [7, 11) is 0. The highest BCUT2D eigenvalue weighted by Crippen LogP contribution is 2.04. The largest absolute Gasteiger partial charge is 0.390 e. The van der Waals surface area contributed by atoms with Crippen molar-refractivity contribution < 1.29 is 5.11 Å². The Morgan fingerprint density at radius 2 is 1.80 bits per heavy atom. The van der Waals surface area contributed by atoms with Crippen molar-refractivity contribution in [2.45, 2.75) is 45.8 Å².